The molecule has 0 atom stereocenters. The molecule has 1 N–H and O–H groups in total. The smallest absolute Gasteiger partial charge is 0.280 e. The summed E-state index contributed by atoms with van der Waals surface area (Å²) in [5.74, 6) is 0. The van der Waals surface area contributed by atoms with E-state index in [9.17, 15) is 8.42 Å². The highest BCUT2D eigenvalue weighted by atomic mass is 32.2. The summed E-state index contributed by atoms with van der Waals surface area (Å²) < 4.78 is 27.6. The molecule has 0 aliphatic rings. The third-order valence-corrected chi connectivity index (χ3v) is 3.19. The van der Waals surface area contributed by atoms with E-state index in [1.54, 1.807) is 35.9 Å². The lowest BCUT2D eigenvalue weighted by molar-refractivity contribution is 0.598. The number of sulfonamides is 1. The Balaban J connectivity index is 2.28. The van der Waals surface area contributed by atoms with Crippen LogP contribution in [-0.4, -0.2) is 18.0 Å². The number of benzene rings is 1. The minimum atomic E-state index is -3.59. The number of anilines is 1. The van der Waals surface area contributed by atoms with E-state index in [0.717, 1.165) is 0 Å². The van der Waals surface area contributed by atoms with E-state index in [0.29, 0.717) is 5.69 Å². The predicted octanol–water partition coefficient (Wildman–Crippen LogP) is 1.02. The summed E-state index contributed by atoms with van der Waals surface area (Å²) in [6.07, 6.45) is 2.88. The van der Waals surface area contributed by atoms with Gasteiger partial charge in [-0.25, -0.2) is 4.98 Å². The summed E-state index contributed by atoms with van der Waals surface area (Å²) in [4.78, 5) is 3.79. The summed E-state index contributed by atoms with van der Waals surface area (Å²) in [5, 5.41) is 0.00262. The predicted molar refractivity (Wildman–Crippen MR) is 59.3 cm³/mol. The monoisotopic (exact) mass is 236 g/mol. The highest BCUT2D eigenvalue weighted by Gasteiger charge is 2.16. The zero-order valence-corrected chi connectivity index (χ0v) is 9.40. The fourth-order valence-corrected chi connectivity index (χ4v) is 2.23. The molecule has 1 aromatic heterocycles. The van der Waals surface area contributed by atoms with Gasteiger partial charge in [-0.05, 0) is 18.2 Å². The summed E-state index contributed by atoms with van der Waals surface area (Å²) >= 11 is 0. The number of aryl methyl sites for hydroxylation is 1. The van der Waals surface area contributed by atoms with Gasteiger partial charge < -0.3 is 4.57 Å². The van der Waals surface area contributed by atoms with Gasteiger partial charge >= 0.3 is 0 Å². The number of rotatable bonds is 3. The Morgan fingerprint density at radius 3 is 2.62 bits per heavy atom. The number of hydrogen-bond donors (Lipinski definition) is 1. The summed E-state index contributed by atoms with van der Waals surface area (Å²) in [7, 11) is -1.88. The molecule has 0 saturated heterocycles. The van der Waals surface area contributed by atoms with Crippen molar-refractivity contribution in [3.8, 4) is 0 Å². The molecule has 0 saturated carbocycles. The topological polar surface area (TPSA) is 64.0 Å². The molecule has 2 aromatic rings. The van der Waals surface area contributed by atoms with Gasteiger partial charge in [-0.3, -0.25) is 4.72 Å². The zero-order chi connectivity index (χ0) is 11.6. The molecule has 0 aliphatic carbocycles. The van der Waals surface area contributed by atoms with E-state index in [2.05, 4.69) is 15.8 Å². The fraction of sp³-hybridized carbons (Fsp3) is 0.100. The maximum Gasteiger partial charge on any atom is 0.280 e. The van der Waals surface area contributed by atoms with Crippen molar-refractivity contribution in [3.05, 3.63) is 42.9 Å². The second-order valence-electron chi connectivity index (χ2n) is 3.27. The number of imidazole rings is 1. The number of hydrogen-bond acceptors (Lipinski definition) is 3. The van der Waals surface area contributed by atoms with Crippen molar-refractivity contribution in [1.82, 2.24) is 9.55 Å². The Labute approximate surface area is 93.8 Å². The molecule has 1 radical (unpaired) electrons. The van der Waals surface area contributed by atoms with Gasteiger partial charge in [-0.15, -0.1) is 0 Å². The van der Waals surface area contributed by atoms with Crippen molar-refractivity contribution >= 4 is 15.7 Å². The lowest BCUT2D eigenvalue weighted by atomic mass is 10.3. The molecule has 83 valence electrons. The Kier molecular flexibility index (Phi) is 2.66. The number of nitrogens with one attached hydrogen (secondary N) is 1. The van der Waals surface area contributed by atoms with Gasteiger partial charge in [0.15, 0.2) is 5.03 Å². The van der Waals surface area contributed by atoms with E-state index in [1.807, 2.05) is 0 Å². The van der Waals surface area contributed by atoms with Crippen LogP contribution in [0.2, 0.25) is 0 Å². The van der Waals surface area contributed by atoms with Crippen LogP contribution in [0.4, 0.5) is 5.69 Å². The van der Waals surface area contributed by atoms with E-state index >= 15 is 0 Å². The van der Waals surface area contributed by atoms with E-state index < -0.39 is 10.0 Å². The summed E-state index contributed by atoms with van der Waals surface area (Å²) in [5.41, 5.74) is 0.490. The largest absolute Gasteiger partial charge is 0.339 e. The Bertz CT molecular complexity index is 575. The van der Waals surface area contributed by atoms with Gasteiger partial charge in [0.2, 0.25) is 0 Å². The standard InChI is InChI=1S/C10H10N3O2S/c1-13-7-10(11-8-13)16(14,15)12-9-5-3-2-4-6-9/h3-8,12H,1H3. The van der Waals surface area contributed by atoms with Gasteiger partial charge in [0.1, 0.15) is 0 Å². The highest BCUT2D eigenvalue weighted by Crippen LogP contribution is 2.12. The first-order chi connectivity index (χ1) is 7.58. The Hall–Kier alpha value is -1.82. The second-order valence-corrected chi connectivity index (χ2v) is 4.90. The Morgan fingerprint density at radius 1 is 1.38 bits per heavy atom. The molecule has 1 heterocycles. The molecule has 5 nitrogen and oxygen atoms in total. The maximum absolute atomic E-state index is 11.8. The van der Waals surface area contributed by atoms with Crippen LogP contribution >= 0.6 is 0 Å². The number of nitrogens with zero attached hydrogens (tertiary/aromatic N) is 2. The van der Waals surface area contributed by atoms with Crippen molar-refractivity contribution in [2.45, 2.75) is 5.03 Å². The first-order valence-corrected chi connectivity index (χ1v) is 6.03. The minimum Gasteiger partial charge on any atom is -0.339 e. The highest BCUT2D eigenvalue weighted by molar-refractivity contribution is 7.92. The van der Waals surface area contributed by atoms with Crippen LogP contribution < -0.4 is 4.72 Å². The third-order valence-electron chi connectivity index (χ3n) is 1.93. The van der Waals surface area contributed by atoms with E-state index in [-0.39, 0.29) is 5.03 Å². The van der Waals surface area contributed by atoms with Crippen LogP contribution in [0, 0.1) is 6.07 Å². The van der Waals surface area contributed by atoms with Gasteiger partial charge in [0.05, 0.1) is 6.33 Å². The molecule has 0 fully saturated rings. The molecular formula is C10H10N3O2S. The molecular weight excluding hydrogens is 226 g/mol. The lowest BCUT2D eigenvalue weighted by Crippen LogP contribution is -2.13. The number of aromatic nitrogens is 2. The average molecular weight is 236 g/mol. The van der Waals surface area contributed by atoms with Gasteiger partial charge in [0.25, 0.3) is 10.0 Å². The molecule has 0 unspecified atom stereocenters. The van der Waals surface area contributed by atoms with E-state index in [4.69, 9.17) is 0 Å². The second kappa shape index (κ2) is 3.97. The normalized spacial score (nSPS) is 11.3. The maximum atomic E-state index is 11.8. The molecule has 1 aromatic carbocycles. The lowest BCUT2D eigenvalue weighted by Gasteiger charge is -2.04. The van der Waals surface area contributed by atoms with Crippen LogP contribution in [-0.2, 0) is 17.1 Å². The summed E-state index contributed by atoms with van der Waals surface area (Å²) in [6.45, 7) is 0. The molecule has 0 amide bonds. The van der Waals surface area contributed by atoms with Gasteiger partial charge in [0, 0.05) is 18.9 Å². The van der Waals surface area contributed by atoms with Crippen LogP contribution in [0.15, 0.2) is 41.8 Å². The van der Waals surface area contributed by atoms with Gasteiger partial charge in [-0.2, -0.15) is 8.42 Å². The minimum absolute atomic E-state index is 0.00262. The van der Waals surface area contributed by atoms with Crippen molar-refractivity contribution in [2.24, 2.45) is 7.05 Å². The molecule has 2 rings (SSSR count). The molecule has 0 aliphatic heterocycles. The van der Waals surface area contributed by atoms with Crippen molar-refractivity contribution in [2.75, 3.05) is 4.72 Å². The molecule has 0 bridgehead atoms. The average Bonchev–Trinajstić information content (AvgIpc) is 2.66. The van der Waals surface area contributed by atoms with Crippen LogP contribution in [0.3, 0.4) is 0 Å². The van der Waals surface area contributed by atoms with Crippen LogP contribution in [0.5, 0.6) is 0 Å². The molecule has 0 spiro atoms. The summed E-state index contributed by atoms with van der Waals surface area (Å²) in [6, 6.07) is 9.33. The molecule has 16 heavy (non-hydrogen) atoms. The van der Waals surface area contributed by atoms with E-state index in [1.165, 1.54) is 12.5 Å². The SMILES string of the molecule is Cn1cnc(S(=O)(=O)Nc2cc[c]cc2)c1. The van der Waals surface area contributed by atoms with Gasteiger partial charge in [-0.1, -0.05) is 12.1 Å². The van der Waals surface area contributed by atoms with Crippen molar-refractivity contribution < 1.29 is 8.42 Å². The quantitative estimate of drug-likeness (QED) is 0.865. The first-order valence-electron chi connectivity index (χ1n) is 4.55. The fourth-order valence-electron chi connectivity index (χ4n) is 1.19. The first kappa shape index (κ1) is 10.7. The Morgan fingerprint density at radius 2 is 2.06 bits per heavy atom. The van der Waals surface area contributed by atoms with Crippen LogP contribution in [0.1, 0.15) is 0 Å². The van der Waals surface area contributed by atoms with Crippen LogP contribution in [0.25, 0.3) is 0 Å². The third kappa shape index (κ3) is 2.22. The van der Waals surface area contributed by atoms with Crippen molar-refractivity contribution in [3.63, 3.8) is 0 Å². The van der Waals surface area contributed by atoms with Crippen molar-refractivity contribution in [1.29, 1.82) is 0 Å². The zero-order valence-electron chi connectivity index (χ0n) is 8.58. The molecule has 6 heteroatoms.